The second-order valence-corrected chi connectivity index (χ2v) is 12.8. The van der Waals surface area contributed by atoms with Gasteiger partial charge in [0.2, 0.25) is 11.7 Å². The first-order chi connectivity index (χ1) is 23.3. The zero-order valence-electron chi connectivity index (χ0n) is 26.3. The number of aromatic hydroxyl groups is 1. The van der Waals surface area contributed by atoms with Gasteiger partial charge < -0.3 is 24.6 Å². The number of aryl methyl sites for hydroxylation is 1. The molecule has 1 atom stereocenters. The van der Waals surface area contributed by atoms with E-state index < -0.39 is 40.8 Å². The predicted molar refractivity (Wildman–Crippen MR) is 166 cm³/mol. The quantitative estimate of drug-likeness (QED) is 0.314. The Morgan fingerprint density at radius 2 is 1.98 bits per heavy atom. The van der Waals surface area contributed by atoms with Crippen LogP contribution in [0.4, 0.5) is 18.9 Å². The molecule has 49 heavy (non-hydrogen) atoms. The molecule has 4 aromatic heterocycles. The molecule has 2 N–H and O–H groups in total. The van der Waals surface area contributed by atoms with E-state index in [0.29, 0.717) is 56.0 Å². The number of aromatic nitrogens is 8. The highest BCUT2D eigenvalue weighted by Gasteiger charge is 2.49. The highest BCUT2D eigenvalue weighted by Crippen LogP contribution is 2.50. The zero-order valence-corrected chi connectivity index (χ0v) is 27.0. The van der Waals surface area contributed by atoms with E-state index in [2.05, 4.69) is 30.5 Å². The third kappa shape index (κ3) is 5.51. The van der Waals surface area contributed by atoms with Crippen LogP contribution in [0, 0.1) is 6.92 Å². The maximum absolute atomic E-state index is 14.4. The van der Waals surface area contributed by atoms with Crippen LogP contribution in [-0.2, 0) is 27.8 Å². The number of hydrogen-bond donors (Lipinski definition) is 2. The Labute approximate surface area is 280 Å². The smallest absolute Gasteiger partial charge is 0.504 e. The van der Waals surface area contributed by atoms with Gasteiger partial charge in [-0.1, -0.05) is 24.6 Å². The fraction of sp³-hybridized carbons (Fsp3) is 0.467. The van der Waals surface area contributed by atoms with Gasteiger partial charge in [0, 0.05) is 29.8 Å². The maximum Gasteiger partial charge on any atom is 0.505 e. The number of ether oxygens (including phenoxy) is 1. The second-order valence-electron chi connectivity index (χ2n) is 12.5. The van der Waals surface area contributed by atoms with Crippen molar-refractivity contribution < 1.29 is 32.6 Å². The number of anilines is 1. The summed E-state index contributed by atoms with van der Waals surface area (Å²) in [5, 5.41) is 19.8. The normalized spacial score (nSPS) is 18.9. The first-order valence-electron chi connectivity index (χ1n) is 15.5. The first kappa shape index (κ1) is 32.7. The van der Waals surface area contributed by atoms with Crippen LogP contribution in [0.25, 0.3) is 11.4 Å². The molecule has 0 aromatic carbocycles. The molecule has 1 unspecified atom stereocenters. The fourth-order valence-corrected chi connectivity index (χ4v) is 7.42. The molecule has 19 heteroatoms. The summed E-state index contributed by atoms with van der Waals surface area (Å²) in [6, 6.07) is 0. The third-order valence-corrected chi connectivity index (χ3v) is 9.83. The van der Waals surface area contributed by atoms with Gasteiger partial charge in [-0.2, -0.15) is 19.3 Å². The summed E-state index contributed by atoms with van der Waals surface area (Å²) in [5.41, 5.74) is 0.558. The summed E-state index contributed by atoms with van der Waals surface area (Å²) >= 11 is 5.89. The van der Waals surface area contributed by atoms with Gasteiger partial charge in [-0.25, -0.2) is 9.97 Å². The molecule has 0 saturated carbocycles. The van der Waals surface area contributed by atoms with Crippen LogP contribution in [0.5, 0.6) is 5.75 Å². The Hall–Kier alpha value is -4.84. The number of halogens is 4. The van der Waals surface area contributed by atoms with Crippen molar-refractivity contribution in [3.8, 4) is 5.75 Å². The van der Waals surface area contributed by atoms with Crippen molar-refractivity contribution >= 4 is 40.5 Å². The Kier molecular flexibility index (Phi) is 7.97. The summed E-state index contributed by atoms with van der Waals surface area (Å²) in [5.74, 6) is -1.30. The number of amides is 2. The molecular weight excluding hydrogens is 673 g/mol. The van der Waals surface area contributed by atoms with Crippen LogP contribution in [0.1, 0.15) is 71.8 Å². The van der Waals surface area contributed by atoms with Crippen LogP contribution < -0.4 is 10.9 Å². The molecule has 7 rings (SSSR count). The maximum atomic E-state index is 14.4. The topological polar surface area (TPSA) is 175 Å². The van der Waals surface area contributed by atoms with Crippen molar-refractivity contribution in [1.82, 2.24) is 43.8 Å². The number of alkyl halides is 3. The van der Waals surface area contributed by atoms with Crippen LogP contribution in [-0.4, -0.2) is 87.0 Å². The molecule has 6 heterocycles. The molecule has 0 bridgehead atoms. The van der Waals surface area contributed by atoms with E-state index >= 15 is 0 Å². The van der Waals surface area contributed by atoms with E-state index in [1.165, 1.54) is 10.8 Å². The monoisotopic (exact) mass is 702 g/mol. The van der Waals surface area contributed by atoms with Crippen molar-refractivity contribution in [2.45, 2.75) is 63.7 Å². The van der Waals surface area contributed by atoms with Crippen LogP contribution >= 0.6 is 11.6 Å². The van der Waals surface area contributed by atoms with E-state index in [-0.39, 0.29) is 52.3 Å². The van der Waals surface area contributed by atoms with Crippen molar-refractivity contribution in [1.29, 1.82) is 0 Å². The average Bonchev–Trinajstić information content (AvgIpc) is 3.75. The fourth-order valence-electron chi connectivity index (χ4n) is 7.18. The summed E-state index contributed by atoms with van der Waals surface area (Å²) in [7, 11) is 0. The number of hydrogen-bond acceptors (Lipinski definition) is 10. The summed E-state index contributed by atoms with van der Waals surface area (Å²) in [6.45, 7) is 4.41. The standard InChI is InChI=1S/C30H30ClF3N10O5/c1-15-11-29(5-7-41(8-6-29)27(48)21-23(46)16(2)35-14-36-21)20-22(15)42(13-19(45)38-18-12-37-44(24(18)31)30(32,33)34)28-39-25(40-43(28)26(20)47)17-3-9-49-10-4-17/h3,12,14-15,46H,4-11,13H2,1-2H3,(H,38,45). The number of fused-ring (bicyclic) bond motifs is 3. The molecule has 258 valence electrons. The highest BCUT2D eigenvalue weighted by molar-refractivity contribution is 6.32. The van der Waals surface area contributed by atoms with E-state index in [4.69, 9.17) is 16.3 Å². The summed E-state index contributed by atoms with van der Waals surface area (Å²) < 4.78 is 47.6. The molecule has 1 saturated heterocycles. The molecule has 2 aliphatic heterocycles. The predicted octanol–water partition coefficient (Wildman–Crippen LogP) is 3.14. The second kappa shape index (κ2) is 11.9. The number of nitrogens with one attached hydrogen (secondary N) is 1. The van der Waals surface area contributed by atoms with Crippen LogP contribution in [0.2, 0.25) is 5.15 Å². The molecule has 1 spiro atoms. The molecular formula is C30H30ClF3N10O5. The highest BCUT2D eigenvalue weighted by atomic mass is 35.5. The minimum Gasteiger partial charge on any atom is -0.504 e. The minimum absolute atomic E-state index is 0.0999. The number of rotatable bonds is 5. The van der Waals surface area contributed by atoms with Gasteiger partial charge in [0.25, 0.3) is 11.5 Å². The Morgan fingerprint density at radius 3 is 2.65 bits per heavy atom. The van der Waals surface area contributed by atoms with Crippen LogP contribution in [0.15, 0.2) is 23.4 Å². The summed E-state index contributed by atoms with van der Waals surface area (Å²) in [4.78, 5) is 55.3. The van der Waals surface area contributed by atoms with Gasteiger partial charge in [-0.3, -0.25) is 14.4 Å². The number of nitrogens with zero attached hydrogens (tertiary/aromatic N) is 9. The number of carbonyl (C=O) groups excluding carboxylic acids is 2. The number of likely N-dealkylation sites (tertiary alicyclic amines) is 1. The molecule has 15 nitrogen and oxygen atoms in total. The SMILES string of the molecule is Cc1ncnc(C(=O)N2CCC3(CC2)CC(C)c2c3c(=O)n3nc(C4=CCOCC4)nc3n2CC(=O)Nc2cnn(C(F)(F)F)c2Cl)c1O. The molecule has 0 radical (unpaired) electrons. The van der Waals surface area contributed by atoms with Gasteiger partial charge >= 0.3 is 6.30 Å². The first-order valence-corrected chi connectivity index (χ1v) is 15.9. The molecule has 1 fully saturated rings. The molecule has 4 aromatic rings. The Balaban J connectivity index is 1.27. The van der Waals surface area contributed by atoms with Gasteiger partial charge in [0.05, 0.1) is 30.8 Å². The largest absolute Gasteiger partial charge is 0.505 e. The van der Waals surface area contributed by atoms with Gasteiger partial charge in [-0.15, -0.1) is 18.3 Å². The van der Waals surface area contributed by atoms with E-state index in [9.17, 15) is 32.7 Å². The third-order valence-electron chi connectivity index (χ3n) is 9.47. The molecule has 2 amide bonds. The Bertz CT molecular complexity index is 2100. The van der Waals surface area contributed by atoms with Crippen molar-refractivity contribution in [3.05, 3.63) is 62.6 Å². The van der Waals surface area contributed by atoms with E-state index in [1.807, 2.05) is 13.0 Å². The average molecular weight is 703 g/mol. The lowest BCUT2D eigenvalue weighted by molar-refractivity contribution is -0.212. The number of carbonyl (C=O) groups is 2. The van der Waals surface area contributed by atoms with E-state index in [1.54, 1.807) is 16.4 Å². The molecule has 3 aliphatic rings. The van der Waals surface area contributed by atoms with Gasteiger partial charge in [0.15, 0.2) is 22.4 Å². The number of piperidine rings is 1. The minimum atomic E-state index is -4.89. The molecule has 1 aliphatic carbocycles. The Morgan fingerprint density at radius 1 is 1.22 bits per heavy atom. The van der Waals surface area contributed by atoms with E-state index in [0.717, 1.165) is 11.8 Å². The van der Waals surface area contributed by atoms with Crippen molar-refractivity contribution in [2.24, 2.45) is 0 Å². The summed E-state index contributed by atoms with van der Waals surface area (Å²) in [6.07, 6.45) is 0.813. The van der Waals surface area contributed by atoms with Crippen LogP contribution in [0.3, 0.4) is 0 Å². The van der Waals surface area contributed by atoms with Crippen molar-refractivity contribution in [3.63, 3.8) is 0 Å². The lowest BCUT2D eigenvalue weighted by Gasteiger charge is -2.39. The van der Waals surface area contributed by atoms with Crippen molar-refractivity contribution in [2.75, 3.05) is 31.6 Å². The van der Waals surface area contributed by atoms with Gasteiger partial charge in [0.1, 0.15) is 12.9 Å². The zero-order chi connectivity index (χ0) is 34.8. The lowest BCUT2D eigenvalue weighted by Crippen LogP contribution is -2.46. The lowest BCUT2D eigenvalue weighted by atomic mass is 9.73. The van der Waals surface area contributed by atoms with Gasteiger partial charge in [-0.05, 0) is 44.1 Å².